The van der Waals surface area contributed by atoms with Gasteiger partial charge in [-0.05, 0) is 77.1 Å². The van der Waals surface area contributed by atoms with Gasteiger partial charge in [0, 0.05) is 18.1 Å². The summed E-state index contributed by atoms with van der Waals surface area (Å²) >= 11 is 3.48. The minimum atomic E-state index is -3.18. The quantitative estimate of drug-likeness (QED) is 0.372. The Morgan fingerprint density at radius 2 is 1.88 bits per heavy atom. The Kier molecular flexibility index (Phi) is 7.70. The van der Waals surface area contributed by atoms with Crippen LogP contribution in [0.25, 0.3) is 0 Å². The highest BCUT2D eigenvalue weighted by molar-refractivity contribution is 9.10. The first-order valence-corrected chi connectivity index (χ1v) is 13.9. The average Bonchev–Trinajstić information content (AvgIpc) is 2.82. The molecule has 34 heavy (non-hydrogen) atoms. The molecule has 0 aliphatic carbocycles. The SMILES string of the molecule is COc1cc(C2CCNCC2)ccc1Nc1ncc(Br)c(Nc2ccccc2CS(C)(=O)=O)n1. The first-order chi connectivity index (χ1) is 16.3. The highest BCUT2D eigenvalue weighted by Crippen LogP contribution is 2.34. The van der Waals surface area contributed by atoms with Crippen LogP contribution >= 0.6 is 15.9 Å². The van der Waals surface area contributed by atoms with Gasteiger partial charge >= 0.3 is 0 Å². The van der Waals surface area contributed by atoms with E-state index in [9.17, 15) is 8.42 Å². The summed E-state index contributed by atoms with van der Waals surface area (Å²) in [5, 5.41) is 9.87. The number of halogens is 1. The molecule has 8 nitrogen and oxygen atoms in total. The lowest BCUT2D eigenvalue weighted by molar-refractivity contribution is 0.413. The number of sulfone groups is 1. The molecule has 1 aromatic heterocycles. The van der Waals surface area contributed by atoms with Gasteiger partial charge < -0.3 is 20.7 Å². The molecule has 0 saturated carbocycles. The summed E-state index contributed by atoms with van der Waals surface area (Å²) in [6.45, 7) is 2.06. The number of anilines is 4. The molecule has 0 spiro atoms. The van der Waals surface area contributed by atoms with Crippen molar-refractivity contribution in [3.8, 4) is 5.75 Å². The number of ether oxygens (including phenoxy) is 1. The predicted molar refractivity (Wildman–Crippen MR) is 139 cm³/mol. The van der Waals surface area contributed by atoms with Crippen molar-refractivity contribution in [3.63, 3.8) is 0 Å². The zero-order chi connectivity index (χ0) is 24.1. The topological polar surface area (TPSA) is 105 Å². The second-order valence-electron chi connectivity index (χ2n) is 8.35. The van der Waals surface area contributed by atoms with Crippen LogP contribution in [0.4, 0.5) is 23.1 Å². The molecule has 3 N–H and O–H groups in total. The molecule has 1 fully saturated rings. The number of nitrogens with one attached hydrogen (secondary N) is 3. The van der Waals surface area contributed by atoms with E-state index in [4.69, 9.17) is 4.74 Å². The van der Waals surface area contributed by atoms with Crippen molar-refractivity contribution in [3.05, 3.63) is 64.3 Å². The molecule has 1 aliphatic heterocycles. The number of nitrogens with zero attached hydrogens (tertiary/aromatic N) is 2. The van der Waals surface area contributed by atoms with Crippen LogP contribution in [-0.4, -0.2) is 44.8 Å². The number of hydrogen-bond donors (Lipinski definition) is 3. The van der Waals surface area contributed by atoms with Crippen LogP contribution in [-0.2, 0) is 15.6 Å². The fourth-order valence-corrected chi connectivity index (χ4v) is 5.14. The van der Waals surface area contributed by atoms with Crippen molar-refractivity contribution in [1.82, 2.24) is 15.3 Å². The lowest BCUT2D eigenvalue weighted by Gasteiger charge is -2.24. The lowest BCUT2D eigenvalue weighted by Crippen LogP contribution is -2.26. The maximum Gasteiger partial charge on any atom is 0.229 e. The molecule has 4 rings (SSSR count). The first kappa shape index (κ1) is 24.4. The largest absolute Gasteiger partial charge is 0.495 e. The Hall–Kier alpha value is -2.69. The summed E-state index contributed by atoms with van der Waals surface area (Å²) < 4.78 is 30.0. The molecule has 180 valence electrons. The van der Waals surface area contributed by atoms with Crippen LogP contribution in [0.1, 0.15) is 29.9 Å². The van der Waals surface area contributed by atoms with E-state index in [1.54, 1.807) is 19.4 Å². The van der Waals surface area contributed by atoms with E-state index < -0.39 is 9.84 Å². The summed E-state index contributed by atoms with van der Waals surface area (Å²) in [5.74, 6) is 2.10. The normalized spacial score (nSPS) is 14.6. The number of hydrogen-bond acceptors (Lipinski definition) is 8. The second-order valence-corrected chi connectivity index (χ2v) is 11.3. The molecule has 3 aromatic rings. The van der Waals surface area contributed by atoms with Crippen LogP contribution < -0.4 is 20.7 Å². The fourth-order valence-electron chi connectivity index (χ4n) is 4.03. The second kappa shape index (κ2) is 10.7. The van der Waals surface area contributed by atoms with Gasteiger partial charge in [0.05, 0.1) is 23.0 Å². The monoisotopic (exact) mass is 545 g/mol. The van der Waals surface area contributed by atoms with Gasteiger partial charge in [-0.25, -0.2) is 13.4 Å². The van der Waals surface area contributed by atoms with E-state index in [2.05, 4.69) is 54.0 Å². The predicted octanol–water partition coefficient (Wildman–Crippen LogP) is 4.75. The van der Waals surface area contributed by atoms with Gasteiger partial charge in [-0.1, -0.05) is 24.3 Å². The maximum atomic E-state index is 11.8. The molecule has 1 aliphatic rings. The van der Waals surface area contributed by atoms with Crippen molar-refractivity contribution in [1.29, 1.82) is 0 Å². The van der Waals surface area contributed by atoms with E-state index in [0.29, 0.717) is 33.4 Å². The zero-order valence-corrected chi connectivity index (χ0v) is 21.5. The average molecular weight is 546 g/mol. The van der Waals surface area contributed by atoms with Crippen LogP contribution in [0.5, 0.6) is 5.75 Å². The molecule has 0 unspecified atom stereocenters. The lowest BCUT2D eigenvalue weighted by atomic mass is 9.90. The number of rotatable bonds is 8. The minimum absolute atomic E-state index is 0.0649. The van der Waals surface area contributed by atoms with Gasteiger partial charge in [-0.2, -0.15) is 4.98 Å². The molecule has 0 bridgehead atoms. The molecule has 2 aromatic carbocycles. The van der Waals surface area contributed by atoms with Crippen LogP contribution in [0, 0.1) is 0 Å². The van der Waals surface area contributed by atoms with E-state index in [1.807, 2.05) is 24.3 Å². The number of para-hydroxylation sites is 1. The third-order valence-electron chi connectivity index (χ3n) is 5.71. The van der Waals surface area contributed by atoms with Crippen LogP contribution in [0.15, 0.2) is 53.1 Å². The van der Waals surface area contributed by atoms with Crippen molar-refractivity contribution in [2.24, 2.45) is 0 Å². The van der Waals surface area contributed by atoms with E-state index in [-0.39, 0.29) is 5.75 Å². The van der Waals surface area contributed by atoms with Crippen molar-refractivity contribution in [2.45, 2.75) is 24.5 Å². The summed E-state index contributed by atoms with van der Waals surface area (Å²) in [6.07, 6.45) is 5.09. The third kappa shape index (κ3) is 6.25. The van der Waals surface area contributed by atoms with Crippen molar-refractivity contribution < 1.29 is 13.2 Å². The molecular weight excluding hydrogens is 518 g/mol. The van der Waals surface area contributed by atoms with Gasteiger partial charge in [0.2, 0.25) is 5.95 Å². The van der Waals surface area contributed by atoms with E-state index in [0.717, 1.165) is 37.4 Å². The molecule has 0 atom stereocenters. The van der Waals surface area contributed by atoms with Crippen molar-refractivity contribution >= 4 is 48.9 Å². The Labute approximate surface area is 208 Å². The number of benzene rings is 2. The first-order valence-electron chi connectivity index (χ1n) is 11.0. The van der Waals surface area contributed by atoms with Gasteiger partial charge in [0.1, 0.15) is 11.6 Å². The van der Waals surface area contributed by atoms with Gasteiger partial charge in [0.15, 0.2) is 9.84 Å². The van der Waals surface area contributed by atoms with Gasteiger partial charge in [0.25, 0.3) is 0 Å². The van der Waals surface area contributed by atoms with Crippen LogP contribution in [0.3, 0.4) is 0 Å². The third-order valence-corrected chi connectivity index (χ3v) is 7.13. The fraction of sp³-hybridized carbons (Fsp3) is 0.333. The molecule has 10 heteroatoms. The Balaban J connectivity index is 1.56. The molecule has 0 amide bonds. The van der Waals surface area contributed by atoms with E-state index >= 15 is 0 Å². The Morgan fingerprint density at radius 3 is 2.62 bits per heavy atom. The zero-order valence-electron chi connectivity index (χ0n) is 19.1. The number of methoxy groups -OCH3 is 1. The maximum absolute atomic E-state index is 11.8. The summed E-state index contributed by atoms with van der Waals surface area (Å²) in [5.41, 5.74) is 3.37. The smallest absolute Gasteiger partial charge is 0.229 e. The van der Waals surface area contributed by atoms with Crippen LogP contribution in [0.2, 0.25) is 0 Å². The molecular formula is C24H28BrN5O3S. The van der Waals surface area contributed by atoms with Gasteiger partial charge in [-0.3, -0.25) is 0 Å². The van der Waals surface area contributed by atoms with E-state index in [1.165, 1.54) is 11.8 Å². The summed E-state index contributed by atoms with van der Waals surface area (Å²) in [4.78, 5) is 8.97. The minimum Gasteiger partial charge on any atom is -0.495 e. The molecule has 1 saturated heterocycles. The Morgan fingerprint density at radius 1 is 1.12 bits per heavy atom. The number of aromatic nitrogens is 2. The standard InChI is InChI=1S/C24H28BrN5O3S/c1-33-22-13-17(16-9-11-26-12-10-16)7-8-21(22)29-24-27-14-19(25)23(30-24)28-20-6-4-3-5-18(20)15-34(2,31)32/h3-8,13-14,16,26H,9-12,15H2,1-2H3,(H2,27,28,29,30). The summed E-state index contributed by atoms with van der Waals surface area (Å²) in [7, 11) is -1.53. The highest BCUT2D eigenvalue weighted by Gasteiger charge is 2.18. The Bertz CT molecular complexity index is 1260. The van der Waals surface area contributed by atoms with Crippen molar-refractivity contribution in [2.75, 3.05) is 37.1 Å². The molecule has 0 radical (unpaired) electrons. The summed E-state index contributed by atoms with van der Waals surface area (Å²) in [6, 6.07) is 13.5. The number of piperidine rings is 1. The molecule has 2 heterocycles. The highest BCUT2D eigenvalue weighted by atomic mass is 79.9. The van der Waals surface area contributed by atoms with Gasteiger partial charge in [-0.15, -0.1) is 0 Å².